The van der Waals surface area contributed by atoms with Crippen LogP contribution in [-0.4, -0.2) is 35.6 Å². The molecule has 2 rings (SSSR count). The average Bonchev–Trinajstić information content (AvgIpc) is 2.47. The third-order valence-electron chi connectivity index (χ3n) is 3.96. The van der Waals surface area contributed by atoms with E-state index in [0.29, 0.717) is 18.0 Å². The van der Waals surface area contributed by atoms with Crippen LogP contribution in [-0.2, 0) is 16.0 Å². The van der Waals surface area contributed by atoms with Crippen molar-refractivity contribution < 1.29 is 14.3 Å². The van der Waals surface area contributed by atoms with Crippen LogP contribution in [0.5, 0.6) is 0 Å². The number of carbonyl (C=O) groups is 2. The molecule has 5 nitrogen and oxygen atoms in total. The Morgan fingerprint density at radius 3 is 2.50 bits per heavy atom. The van der Waals surface area contributed by atoms with E-state index in [4.69, 9.17) is 4.74 Å². The number of likely N-dealkylation sites (tertiary alicyclic amines) is 1. The molecule has 0 saturated carbocycles. The van der Waals surface area contributed by atoms with E-state index in [0.717, 1.165) is 25.1 Å². The SMILES string of the molecule is CC1CCCN(C(=O)Cc2ccc(NC(=O)OC(C)(C)C)cc2)C1. The second kappa shape index (κ2) is 7.69. The number of carbonyl (C=O) groups excluding carboxylic acids is 2. The second-order valence-corrected chi connectivity index (χ2v) is 7.59. The van der Waals surface area contributed by atoms with Gasteiger partial charge in [-0.1, -0.05) is 19.1 Å². The highest BCUT2D eigenvalue weighted by Crippen LogP contribution is 2.18. The summed E-state index contributed by atoms with van der Waals surface area (Å²) in [6.45, 7) is 9.38. The van der Waals surface area contributed by atoms with Crippen LogP contribution in [0.4, 0.5) is 10.5 Å². The van der Waals surface area contributed by atoms with Gasteiger partial charge in [-0.3, -0.25) is 10.1 Å². The van der Waals surface area contributed by atoms with Crippen molar-refractivity contribution >= 4 is 17.7 Å². The summed E-state index contributed by atoms with van der Waals surface area (Å²) in [5.41, 5.74) is 1.09. The molecule has 0 aromatic heterocycles. The molecule has 5 heteroatoms. The highest BCUT2D eigenvalue weighted by atomic mass is 16.6. The van der Waals surface area contributed by atoms with E-state index in [-0.39, 0.29) is 5.91 Å². The van der Waals surface area contributed by atoms with Crippen molar-refractivity contribution in [3.05, 3.63) is 29.8 Å². The van der Waals surface area contributed by atoms with Crippen LogP contribution >= 0.6 is 0 Å². The quantitative estimate of drug-likeness (QED) is 0.915. The van der Waals surface area contributed by atoms with Crippen LogP contribution in [0.1, 0.15) is 46.1 Å². The van der Waals surface area contributed by atoms with Gasteiger partial charge in [-0.2, -0.15) is 0 Å². The summed E-state index contributed by atoms with van der Waals surface area (Å²) in [6.07, 6.45) is 2.22. The monoisotopic (exact) mass is 332 g/mol. The highest BCUT2D eigenvalue weighted by Gasteiger charge is 2.21. The van der Waals surface area contributed by atoms with E-state index < -0.39 is 11.7 Å². The highest BCUT2D eigenvalue weighted by molar-refractivity contribution is 5.85. The standard InChI is InChI=1S/C19H28N2O3/c1-14-6-5-11-21(13-14)17(22)12-15-7-9-16(10-8-15)20-18(23)24-19(2,3)4/h7-10,14H,5-6,11-13H2,1-4H3,(H,20,23). The van der Waals surface area contributed by atoms with Gasteiger partial charge in [0.1, 0.15) is 5.60 Å². The Balaban J connectivity index is 1.87. The lowest BCUT2D eigenvalue weighted by molar-refractivity contribution is -0.132. The first-order chi connectivity index (χ1) is 11.2. The molecule has 1 N–H and O–H groups in total. The predicted octanol–water partition coefficient (Wildman–Crippen LogP) is 3.83. The molecule has 0 radical (unpaired) electrons. The maximum Gasteiger partial charge on any atom is 0.412 e. The number of nitrogens with zero attached hydrogens (tertiary/aromatic N) is 1. The molecular formula is C19H28N2O3. The number of anilines is 1. The number of rotatable bonds is 3. The van der Waals surface area contributed by atoms with Crippen molar-refractivity contribution in [1.29, 1.82) is 0 Å². The van der Waals surface area contributed by atoms with Crippen LogP contribution in [0.15, 0.2) is 24.3 Å². The molecule has 24 heavy (non-hydrogen) atoms. The minimum atomic E-state index is -0.526. The van der Waals surface area contributed by atoms with Crippen LogP contribution in [0, 0.1) is 5.92 Å². The van der Waals surface area contributed by atoms with Gasteiger partial charge in [-0.25, -0.2) is 4.79 Å². The van der Waals surface area contributed by atoms with Gasteiger partial charge >= 0.3 is 6.09 Å². The molecule has 1 atom stereocenters. The number of hydrogen-bond acceptors (Lipinski definition) is 3. The Bertz CT molecular complexity index is 575. The lowest BCUT2D eigenvalue weighted by atomic mass is 9.99. The number of benzene rings is 1. The lowest BCUT2D eigenvalue weighted by Crippen LogP contribution is -2.39. The summed E-state index contributed by atoms with van der Waals surface area (Å²) in [4.78, 5) is 26.1. The van der Waals surface area contributed by atoms with Crippen LogP contribution in [0.3, 0.4) is 0 Å². The van der Waals surface area contributed by atoms with E-state index in [9.17, 15) is 9.59 Å². The molecule has 0 bridgehead atoms. The Hall–Kier alpha value is -2.04. The smallest absolute Gasteiger partial charge is 0.412 e. The molecule has 1 aromatic carbocycles. The first-order valence-corrected chi connectivity index (χ1v) is 8.59. The van der Waals surface area contributed by atoms with Gasteiger partial charge in [0.05, 0.1) is 6.42 Å². The summed E-state index contributed by atoms with van der Waals surface area (Å²) >= 11 is 0. The van der Waals surface area contributed by atoms with Crippen molar-refractivity contribution in [3.8, 4) is 0 Å². The first-order valence-electron chi connectivity index (χ1n) is 8.59. The number of hydrogen-bond donors (Lipinski definition) is 1. The Kier molecular flexibility index (Phi) is 5.86. The Morgan fingerprint density at radius 2 is 1.92 bits per heavy atom. The minimum absolute atomic E-state index is 0.175. The number of ether oxygens (including phenoxy) is 1. The fraction of sp³-hybridized carbons (Fsp3) is 0.579. The van der Waals surface area contributed by atoms with Gasteiger partial charge in [0, 0.05) is 18.8 Å². The molecule has 1 heterocycles. The van der Waals surface area contributed by atoms with Gasteiger partial charge in [-0.05, 0) is 57.2 Å². The van der Waals surface area contributed by atoms with Crippen LogP contribution in [0.25, 0.3) is 0 Å². The van der Waals surface area contributed by atoms with Gasteiger partial charge in [0.25, 0.3) is 0 Å². The van der Waals surface area contributed by atoms with E-state index in [2.05, 4.69) is 12.2 Å². The molecule has 1 aliphatic rings. The second-order valence-electron chi connectivity index (χ2n) is 7.59. The molecular weight excluding hydrogens is 304 g/mol. The minimum Gasteiger partial charge on any atom is -0.444 e. The third-order valence-corrected chi connectivity index (χ3v) is 3.96. The number of piperidine rings is 1. The fourth-order valence-corrected chi connectivity index (χ4v) is 2.83. The maximum absolute atomic E-state index is 12.4. The first kappa shape index (κ1) is 18.3. The normalized spacial score (nSPS) is 18.2. The van der Waals surface area contributed by atoms with E-state index >= 15 is 0 Å². The van der Waals surface area contributed by atoms with Crippen molar-refractivity contribution in [3.63, 3.8) is 0 Å². The molecule has 1 aromatic rings. The zero-order valence-electron chi connectivity index (χ0n) is 15.1. The molecule has 2 amide bonds. The zero-order valence-corrected chi connectivity index (χ0v) is 15.1. The van der Waals surface area contributed by atoms with E-state index in [1.54, 1.807) is 12.1 Å². The third kappa shape index (κ3) is 5.87. The topological polar surface area (TPSA) is 58.6 Å². The summed E-state index contributed by atoms with van der Waals surface area (Å²) in [5, 5.41) is 2.69. The summed E-state index contributed by atoms with van der Waals surface area (Å²) < 4.78 is 5.21. The largest absolute Gasteiger partial charge is 0.444 e. The van der Waals surface area contributed by atoms with E-state index in [1.807, 2.05) is 37.8 Å². The molecule has 132 valence electrons. The molecule has 1 saturated heterocycles. The van der Waals surface area contributed by atoms with E-state index in [1.165, 1.54) is 6.42 Å². The average molecular weight is 332 g/mol. The lowest BCUT2D eigenvalue weighted by Gasteiger charge is -2.31. The number of nitrogens with one attached hydrogen (secondary N) is 1. The Labute approximate surface area is 144 Å². The van der Waals surface area contributed by atoms with Gasteiger partial charge < -0.3 is 9.64 Å². The van der Waals surface area contributed by atoms with Crippen molar-refractivity contribution in [2.75, 3.05) is 18.4 Å². The summed E-state index contributed by atoms with van der Waals surface area (Å²) in [7, 11) is 0. The zero-order chi connectivity index (χ0) is 17.7. The molecule has 1 unspecified atom stereocenters. The van der Waals surface area contributed by atoms with Crippen molar-refractivity contribution in [2.45, 2.75) is 52.6 Å². The molecule has 1 fully saturated rings. The molecule has 0 spiro atoms. The summed E-state index contributed by atoms with van der Waals surface area (Å²) in [5.74, 6) is 0.762. The van der Waals surface area contributed by atoms with Crippen LogP contribution < -0.4 is 5.32 Å². The van der Waals surface area contributed by atoms with Crippen molar-refractivity contribution in [2.24, 2.45) is 5.92 Å². The van der Waals surface area contributed by atoms with Crippen LogP contribution in [0.2, 0.25) is 0 Å². The van der Waals surface area contributed by atoms with Crippen molar-refractivity contribution in [1.82, 2.24) is 4.90 Å². The van der Waals surface area contributed by atoms with Gasteiger partial charge in [-0.15, -0.1) is 0 Å². The molecule has 0 aliphatic carbocycles. The summed E-state index contributed by atoms with van der Waals surface area (Å²) in [6, 6.07) is 7.34. The van der Waals surface area contributed by atoms with Gasteiger partial charge in [0.2, 0.25) is 5.91 Å². The Morgan fingerprint density at radius 1 is 1.25 bits per heavy atom. The molecule has 1 aliphatic heterocycles. The fourth-order valence-electron chi connectivity index (χ4n) is 2.83. The maximum atomic E-state index is 12.4. The van der Waals surface area contributed by atoms with Gasteiger partial charge in [0.15, 0.2) is 0 Å². The number of amides is 2. The predicted molar refractivity (Wildman–Crippen MR) is 95.0 cm³/mol.